The molecule has 47 heavy (non-hydrogen) atoms. The van der Waals surface area contributed by atoms with E-state index >= 15 is 0 Å². The Morgan fingerprint density at radius 2 is 1.81 bits per heavy atom. The van der Waals surface area contributed by atoms with E-state index in [4.69, 9.17) is 21.9 Å². The minimum absolute atomic E-state index is 0.109. The number of anilines is 1. The van der Waals surface area contributed by atoms with E-state index in [-0.39, 0.29) is 28.9 Å². The van der Waals surface area contributed by atoms with E-state index in [0.29, 0.717) is 68.9 Å². The molecule has 2 heterocycles. The SMILES string of the molecule is CC(C)=C(C#N)C(=O)N1CCCC(NC(=O)c2sc3c(N)ccc4c3c2C(N)C(=O)C4(N)c2ccc(Oc3ccccc3)cc2C)C1. The van der Waals surface area contributed by atoms with E-state index in [1.54, 1.807) is 43.0 Å². The smallest absolute Gasteiger partial charge is 0.264 e. The number of piperidine rings is 1. The summed E-state index contributed by atoms with van der Waals surface area (Å²) in [6.07, 6.45) is 1.32. The molecule has 0 bridgehead atoms. The number of rotatable bonds is 6. The lowest BCUT2D eigenvalue weighted by molar-refractivity contribution is -0.128. The van der Waals surface area contributed by atoms with Crippen molar-refractivity contribution in [2.75, 3.05) is 18.8 Å². The molecule has 1 saturated heterocycles. The lowest BCUT2D eigenvalue weighted by Gasteiger charge is -2.37. The van der Waals surface area contributed by atoms with Crippen LogP contribution in [0.15, 0.2) is 71.8 Å². The number of ether oxygens (including phenoxy) is 1. The summed E-state index contributed by atoms with van der Waals surface area (Å²) in [6, 6.07) is 18.7. The average Bonchev–Trinajstić information content (AvgIpc) is 3.46. The minimum Gasteiger partial charge on any atom is -0.457 e. The number of carbonyl (C=O) groups excluding carboxylic acids is 3. The number of para-hydroxylation sites is 1. The van der Waals surface area contributed by atoms with Crippen LogP contribution in [0, 0.1) is 18.3 Å². The predicted octanol–water partition coefficient (Wildman–Crippen LogP) is 4.95. The zero-order valence-corrected chi connectivity index (χ0v) is 27.2. The van der Waals surface area contributed by atoms with Crippen LogP contribution in [-0.2, 0) is 15.1 Å². The van der Waals surface area contributed by atoms with Crippen molar-refractivity contribution in [3.05, 3.63) is 98.9 Å². The number of ketones is 1. The van der Waals surface area contributed by atoms with Crippen LogP contribution in [0.4, 0.5) is 5.69 Å². The number of hydrogen-bond donors (Lipinski definition) is 4. The van der Waals surface area contributed by atoms with Gasteiger partial charge in [0.15, 0.2) is 5.78 Å². The predicted molar refractivity (Wildman–Crippen MR) is 182 cm³/mol. The molecule has 0 saturated carbocycles. The Balaban J connectivity index is 1.35. The standard InChI is InChI=1S/C36H36N6O4S/c1-19(2)24(17-37)35(45)42-15-7-8-21(18-42)41-34(44)32-29-28-26(13-14-27(38)31(28)47-32)36(40,33(43)30(29)39)25-12-11-23(16-20(25)3)46-22-9-5-4-6-10-22/h4-6,9-14,16,21,30H,7-8,15,18,38-40H2,1-3H3,(H,41,44). The maximum Gasteiger partial charge on any atom is 0.264 e. The van der Waals surface area contributed by atoms with Gasteiger partial charge in [0.25, 0.3) is 11.8 Å². The van der Waals surface area contributed by atoms with Gasteiger partial charge in [-0.15, -0.1) is 11.3 Å². The van der Waals surface area contributed by atoms with Crippen LogP contribution < -0.4 is 27.3 Å². The largest absolute Gasteiger partial charge is 0.457 e. The highest BCUT2D eigenvalue weighted by Gasteiger charge is 2.49. The van der Waals surface area contributed by atoms with E-state index in [2.05, 4.69) is 5.32 Å². The van der Waals surface area contributed by atoms with E-state index in [1.165, 1.54) is 11.3 Å². The molecule has 240 valence electrons. The fourth-order valence-corrected chi connectivity index (χ4v) is 7.86. The molecule has 0 spiro atoms. The normalized spacial score (nSPS) is 20.4. The Bertz CT molecular complexity index is 2010. The van der Waals surface area contributed by atoms with Crippen molar-refractivity contribution in [2.45, 2.75) is 51.2 Å². The van der Waals surface area contributed by atoms with Crippen LogP contribution in [0.5, 0.6) is 11.5 Å². The van der Waals surface area contributed by atoms with Gasteiger partial charge in [-0.25, -0.2) is 0 Å². The Labute approximate surface area is 276 Å². The first-order chi connectivity index (χ1) is 22.4. The third kappa shape index (κ3) is 5.44. The van der Waals surface area contributed by atoms with Crippen molar-refractivity contribution in [3.63, 3.8) is 0 Å². The van der Waals surface area contributed by atoms with Crippen LogP contribution in [-0.4, -0.2) is 41.6 Å². The van der Waals surface area contributed by atoms with Gasteiger partial charge < -0.3 is 32.2 Å². The Kier molecular flexibility index (Phi) is 8.36. The molecular weight excluding hydrogens is 613 g/mol. The number of amides is 2. The molecule has 3 aromatic carbocycles. The quantitative estimate of drug-likeness (QED) is 0.129. The number of likely N-dealkylation sites (tertiary alicyclic amines) is 1. The van der Waals surface area contributed by atoms with Gasteiger partial charge >= 0.3 is 0 Å². The summed E-state index contributed by atoms with van der Waals surface area (Å²) in [5.41, 5.74) is 22.1. The van der Waals surface area contributed by atoms with Crippen LogP contribution in [0.2, 0.25) is 0 Å². The summed E-state index contributed by atoms with van der Waals surface area (Å²) in [5, 5.41) is 13.2. The molecule has 0 radical (unpaired) electrons. The van der Waals surface area contributed by atoms with Crippen LogP contribution in [0.3, 0.4) is 0 Å². The van der Waals surface area contributed by atoms with Crippen molar-refractivity contribution in [2.24, 2.45) is 11.5 Å². The van der Waals surface area contributed by atoms with Gasteiger partial charge in [0.2, 0.25) is 0 Å². The van der Waals surface area contributed by atoms with Gasteiger partial charge in [-0.2, -0.15) is 5.26 Å². The number of hydrogen-bond acceptors (Lipinski definition) is 9. The number of thiophene rings is 1. The fraction of sp³-hybridized carbons (Fsp3) is 0.278. The molecule has 1 aromatic heterocycles. The van der Waals surface area contributed by atoms with E-state index in [0.717, 1.165) is 5.56 Å². The Morgan fingerprint density at radius 1 is 1.09 bits per heavy atom. The molecule has 3 atom stereocenters. The number of nitrogen functional groups attached to an aromatic ring is 1. The van der Waals surface area contributed by atoms with Gasteiger partial charge in [0.05, 0.1) is 15.6 Å². The number of nitriles is 1. The average molecular weight is 649 g/mol. The summed E-state index contributed by atoms with van der Waals surface area (Å²) in [5.74, 6) is 0.0873. The number of aryl methyl sites for hydroxylation is 1. The van der Waals surface area contributed by atoms with Gasteiger partial charge in [-0.05, 0) is 80.6 Å². The highest BCUT2D eigenvalue weighted by Crippen LogP contribution is 2.50. The van der Waals surface area contributed by atoms with Crippen LogP contribution in [0.25, 0.3) is 10.1 Å². The highest BCUT2D eigenvalue weighted by molar-refractivity contribution is 7.21. The van der Waals surface area contributed by atoms with Crippen molar-refractivity contribution < 1.29 is 19.1 Å². The molecule has 11 heteroatoms. The zero-order valence-electron chi connectivity index (χ0n) is 26.4. The second-order valence-corrected chi connectivity index (χ2v) is 13.4. The summed E-state index contributed by atoms with van der Waals surface area (Å²) >= 11 is 1.18. The molecule has 10 nitrogen and oxygen atoms in total. The maximum absolute atomic E-state index is 14.3. The van der Waals surface area contributed by atoms with Gasteiger partial charge in [-0.3, -0.25) is 14.4 Å². The molecule has 3 unspecified atom stereocenters. The molecule has 2 aliphatic rings. The van der Waals surface area contributed by atoms with Crippen molar-refractivity contribution >= 4 is 44.7 Å². The van der Waals surface area contributed by atoms with E-state index in [9.17, 15) is 19.6 Å². The van der Waals surface area contributed by atoms with Crippen molar-refractivity contribution in [3.8, 4) is 17.6 Å². The topological polar surface area (TPSA) is 178 Å². The molecule has 6 rings (SSSR count). The third-order valence-corrected chi connectivity index (χ3v) is 10.2. The monoisotopic (exact) mass is 648 g/mol. The highest BCUT2D eigenvalue weighted by atomic mass is 32.1. The summed E-state index contributed by atoms with van der Waals surface area (Å²) in [7, 11) is 0. The molecular formula is C36H36N6O4S. The zero-order chi connectivity index (χ0) is 33.6. The Hall–Kier alpha value is -5.02. The summed E-state index contributed by atoms with van der Waals surface area (Å²) in [4.78, 5) is 43.1. The first kappa shape index (κ1) is 31.9. The molecule has 1 fully saturated rings. The third-order valence-electron chi connectivity index (χ3n) is 8.99. The molecule has 1 aliphatic heterocycles. The number of allylic oxidation sites excluding steroid dienone is 1. The van der Waals surface area contributed by atoms with Crippen molar-refractivity contribution in [1.82, 2.24) is 10.2 Å². The van der Waals surface area contributed by atoms with E-state index < -0.39 is 23.3 Å². The lowest BCUT2D eigenvalue weighted by atomic mass is 9.69. The molecule has 2 amide bonds. The van der Waals surface area contributed by atoms with Gasteiger partial charge in [0.1, 0.15) is 28.7 Å². The minimum atomic E-state index is -1.60. The number of nitrogens with two attached hydrogens (primary N) is 3. The molecule has 7 N–H and O–H groups in total. The Morgan fingerprint density at radius 3 is 2.49 bits per heavy atom. The lowest BCUT2D eigenvalue weighted by Crippen LogP contribution is -2.53. The first-order valence-electron chi connectivity index (χ1n) is 15.4. The number of carbonyl (C=O) groups is 3. The number of benzene rings is 3. The first-order valence-corrected chi connectivity index (χ1v) is 16.2. The second kappa shape index (κ2) is 12.3. The molecule has 1 aliphatic carbocycles. The summed E-state index contributed by atoms with van der Waals surface area (Å²) < 4.78 is 6.63. The fourth-order valence-electron chi connectivity index (χ4n) is 6.66. The number of Topliss-reactive ketones (excluding diaryl/α,β-unsaturated/α-hetero) is 1. The number of nitrogens with one attached hydrogen (secondary N) is 1. The van der Waals surface area contributed by atoms with Gasteiger partial charge in [-0.1, -0.05) is 35.9 Å². The van der Waals surface area contributed by atoms with Crippen LogP contribution >= 0.6 is 11.3 Å². The summed E-state index contributed by atoms with van der Waals surface area (Å²) in [6.45, 7) is 6.08. The number of nitrogens with zero attached hydrogens (tertiary/aromatic N) is 2. The van der Waals surface area contributed by atoms with Crippen LogP contribution in [0.1, 0.15) is 64.7 Å². The maximum atomic E-state index is 14.3. The van der Waals surface area contributed by atoms with Crippen molar-refractivity contribution in [1.29, 1.82) is 5.26 Å². The van der Waals surface area contributed by atoms with Gasteiger partial charge in [0, 0.05) is 35.8 Å². The second-order valence-electron chi connectivity index (χ2n) is 12.3. The van der Waals surface area contributed by atoms with E-state index in [1.807, 2.05) is 49.4 Å². The molecule has 4 aromatic rings.